The van der Waals surface area contributed by atoms with Crippen molar-refractivity contribution in [2.75, 3.05) is 62.4 Å². The highest BCUT2D eigenvalue weighted by atomic mass is 16.5. The van der Waals surface area contributed by atoms with Gasteiger partial charge in [-0.25, -0.2) is 4.98 Å². The van der Waals surface area contributed by atoms with Crippen LogP contribution in [0.5, 0.6) is 0 Å². The summed E-state index contributed by atoms with van der Waals surface area (Å²) in [5.74, 6) is 1.79. The van der Waals surface area contributed by atoms with E-state index in [0.717, 1.165) is 68.7 Å². The van der Waals surface area contributed by atoms with Gasteiger partial charge in [0.2, 0.25) is 5.95 Å². The second-order valence-corrected chi connectivity index (χ2v) is 8.75. The predicted octanol–water partition coefficient (Wildman–Crippen LogP) is 3.82. The van der Waals surface area contributed by atoms with Gasteiger partial charge in [0, 0.05) is 38.9 Å². The maximum absolute atomic E-state index is 5.63. The zero-order valence-electron chi connectivity index (χ0n) is 19.3. The SMILES string of the molecule is c1ccc(-c2ccccc2Cn2ccc3nc(N4CCOCC4)nc(N4CCOCC4)c32)cc1. The quantitative estimate of drug-likeness (QED) is 0.456. The van der Waals surface area contributed by atoms with Gasteiger partial charge in [0.25, 0.3) is 0 Å². The lowest BCUT2D eigenvalue weighted by Gasteiger charge is -2.31. The first kappa shape index (κ1) is 21.1. The molecule has 2 fully saturated rings. The zero-order chi connectivity index (χ0) is 22.7. The fourth-order valence-corrected chi connectivity index (χ4v) is 4.85. The Kier molecular flexibility index (Phi) is 5.87. The van der Waals surface area contributed by atoms with Crippen molar-refractivity contribution in [1.82, 2.24) is 14.5 Å². The summed E-state index contributed by atoms with van der Waals surface area (Å²) in [6, 6.07) is 21.3. The third kappa shape index (κ3) is 4.13. The summed E-state index contributed by atoms with van der Waals surface area (Å²) in [4.78, 5) is 14.7. The molecule has 0 radical (unpaired) electrons. The minimum Gasteiger partial charge on any atom is -0.378 e. The molecule has 0 saturated carbocycles. The molecular weight excluding hydrogens is 426 g/mol. The number of rotatable bonds is 5. The average molecular weight is 456 g/mol. The number of nitrogens with zero attached hydrogens (tertiary/aromatic N) is 5. The molecule has 34 heavy (non-hydrogen) atoms. The molecule has 0 N–H and O–H groups in total. The summed E-state index contributed by atoms with van der Waals surface area (Å²) in [5.41, 5.74) is 5.82. The average Bonchev–Trinajstić information content (AvgIpc) is 3.32. The zero-order valence-corrected chi connectivity index (χ0v) is 19.3. The van der Waals surface area contributed by atoms with E-state index in [1.165, 1.54) is 16.7 Å². The van der Waals surface area contributed by atoms with Gasteiger partial charge in [0.15, 0.2) is 5.82 Å². The van der Waals surface area contributed by atoms with E-state index in [1.54, 1.807) is 0 Å². The van der Waals surface area contributed by atoms with Crippen LogP contribution in [0, 0.1) is 0 Å². The highest BCUT2D eigenvalue weighted by Crippen LogP contribution is 2.31. The van der Waals surface area contributed by atoms with Gasteiger partial charge in [-0.05, 0) is 22.8 Å². The molecule has 0 unspecified atom stereocenters. The normalized spacial score (nSPS) is 16.8. The Morgan fingerprint density at radius 1 is 0.706 bits per heavy atom. The standard InChI is InChI=1S/C27H29N5O2/c1-2-6-21(7-3-1)23-9-5-4-8-22(23)20-32-11-10-24-25(32)26(30-12-16-33-17-13-30)29-27(28-24)31-14-18-34-19-15-31/h1-11H,12-20H2. The molecule has 0 amide bonds. The van der Waals surface area contributed by atoms with Crippen molar-refractivity contribution in [1.29, 1.82) is 0 Å². The number of aromatic nitrogens is 3. The Labute approximate surface area is 199 Å². The topological polar surface area (TPSA) is 55.7 Å². The second kappa shape index (κ2) is 9.44. The minimum absolute atomic E-state index is 0.714. The van der Waals surface area contributed by atoms with Crippen LogP contribution in [0.1, 0.15) is 5.56 Å². The lowest BCUT2D eigenvalue weighted by molar-refractivity contribution is 0.121. The van der Waals surface area contributed by atoms with E-state index in [9.17, 15) is 0 Å². The number of anilines is 2. The number of morpholine rings is 2. The Bertz CT molecular complexity index is 1260. The van der Waals surface area contributed by atoms with Gasteiger partial charge >= 0.3 is 0 Å². The molecule has 2 aliphatic heterocycles. The molecule has 0 atom stereocenters. The highest BCUT2D eigenvalue weighted by molar-refractivity contribution is 5.88. The summed E-state index contributed by atoms with van der Waals surface area (Å²) in [7, 11) is 0. The fraction of sp³-hybridized carbons (Fsp3) is 0.333. The number of ether oxygens (including phenoxy) is 2. The molecule has 2 aromatic carbocycles. The molecule has 2 saturated heterocycles. The molecular formula is C27H29N5O2. The minimum atomic E-state index is 0.714. The van der Waals surface area contributed by atoms with Crippen LogP contribution in [0.15, 0.2) is 66.9 Å². The lowest BCUT2D eigenvalue weighted by Crippen LogP contribution is -2.39. The van der Waals surface area contributed by atoms with Crippen LogP contribution < -0.4 is 9.80 Å². The lowest BCUT2D eigenvalue weighted by atomic mass is 10.00. The Morgan fingerprint density at radius 2 is 1.38 bits per heavy atom. The van der Waals surface area contributed by atoms with Crippen molar-refractivity contribution >= 4 is 22.8 Å². The van der Waals surface area contributed by atoms with Crippen molar-refractivity contribution in [3.63, 3.8) is 0 Å². The van der Waals surface area contributed by atoms with Crippen molar-refractivity contribution < 1.29 is 9.47 Å². The van der Waals surface area contributed by atoms with Crippen LogP contribution in [0.2, 0.25) is 0 Å². The maximum atomic E-state index is 5.63. The summed E-state index contributed by atoms with van der Waals surface area (Å²) in [5, 5.41) is 0. The monoisotopic (exact) mass is 455 g/mol. The maximum Gasteiger partial charge on any atom is 0.228 e. The Morgan fingerprint density at radius 3 is 2.15 bits per heavy atom. The van der Waals surface area contributed by atoms with Gasteiger partial charge in [0.05, 0.1) is 31.9 Å². The van der Waals surface area contributed by atoms with E-state index in [0.29, 0.717) is 13.2 Å². The van der Waals surface area contributed by atoms with Gasteiger partial charge < -0.3 is 23.8 Å². The molecule has 0 aliphatic carbocycles. The van der Waals surface area contributed by atoms with Crippen molar-refractivity contribution in [3.8, 4) is 11.1 Å². The summed E-state index contributed by atoms with van der Waals surface area (Å²) in [6.07, 6.45) is 2.15. The van der Waals surface area contributed by atoms with Crippen molar-refractivity contribution in [2.45, 2.75) is 6.54 Å². The Balaban J connectivity index is 1.43. The van der Waals surface area contributed by atoms with Gasteiger partial charge in [-0.3, -0.25) is 0 Å². The number of benzene rings is 2. The molecule has 0 spiro atoms. The van der Waals surface area contributed by atoms with Gasteiger partial charge in [-0.15, -0.1) is 0 Å². The van der Waals surface area contributed by atoms with E-state index in [1.807, 2.05) is 0 Å². The van der Waals surface area contributed by atoms with Crippen molar-refractivity contribution in [3.05, 3.63) is 72.4 Å². The van der Waals surface area contributed by atoms with Gasteiger partial charge in [-0.1, -0.05) is 54.6 Å². The van der Waals surface area contributed by atoms with Crippen LogP contribution in [0.25, 0.3) is 22.2 Å². The van der Waals surface area contributed by atoms with Crippen molar-refractivity contribution in [2.24, 2.45) is 0 Å². The van der Waals surface area contributed by atoms with Crippen LogP contribution in [0.3, 0.4) is 0 Å². The van der Waals surface area contributed by atoms with E-state index < -0.39 is 0 Å². The third-order valence-corrected chi connectivity index (χ3v) is 6.63. The number of hydrogen-bond donors (Lipinski definition) is 0. The first-order chi connectivity index (χ1) is 16.9. The smallest absolute Gasteiger partial charge is 0.228 e. The number of fused-ring (bicyclic) bond motifs is 1. The van der Waals surface area contributed by atoms with E-state index >= 15 is 0 Å². The molecule has 7 heteroatoms. The molecule has 0 bridgehead atoms. The van der Waals surface area contributed by atoms with Crippen LogP contribution >= 0.6 is 0 Å². The largest absolute Gasteiger partial charge is 0.378 e. The van der Waals surface area contributed by atoms with Crippen LogP contribution in [0.4, 0.5) is 11.8 Å². The summed E-state index contributed by atoms with van der Waals surface area (Å²) >= 11 is 0. The molecule has 2 aliphatic rings. The van der Waals surface area contributed by atoms with E-state index in [4.69, 9.17) is 19.4 Å². The molecule has 4 heterocycles. The van der Waals surface area contributed by atoms with E-state index in [2.05, 4.69) is 81.2 Å². The van der Waals surface area contributed by atoms with E-state index in [-0.39, 0.29) is 0 Å². The summed E-state index contributed by atoms with van der Waals surface area (Å²) < 4.78 is 13.5. The third-order valence-electron chi connectivity index (χ3n) is 6.63. The molecule has 174 valence electrons. The van der Waals surface area contributed by atoms with Gasteiger partial charge in [-0.2, -0.15) is 4.98 Å². The van der Waals surface area contributed by atoms with Gasteiger partial charge in [0.1, 0.15) is 5.52 Å². The Hall–Kier alpha value is -3.42. The second-order valence-electron chi connectivity index (χ2n) is 8.75. The first-order valence-corrected chi connectivity index (χ1v) is 12.0. The van der Waals surface area contributed by atoms with Crippen LogP contribution in [-0.2, 0) is 16.0 Å². The predicted molar refractivity (Wildman–Crippen MR) is 135 cm³/mol. The molecule has 6 rings (SSSR count). The van der Waals surface area contributed by atoms with Crippen LogP contribution in [-0.4, -0.2) is 67.1 Å². The summed E-state index contributed by atoms with van der Waals surface area (Å²) in [6.45, 7) is 6.93. The molecule has 2 aromatic heterocycles. The fourth-order valence-electron chi connectivity index (χ4n) is 4.85. The highest BCUT2D eigenvalue weighted by Gasteiger charge is 2.23. The number of hydrogen-bond acceptors (Lipinski definition) is 6. The first-order valence-electron chi connectivity index (χ1n) is 12.0. The molecule has 7 nitrogen and oxygen atoms in total. The molecule has 4 aromatic rings.